The van der Waals surface area contributed by atoms with Gasteiger partial charge in [0.25, 0.3) is 5.91 Å². The maximum Gasteiger partial charge on any atom is 0.337 e. The summed E-state index contributed by atoms with van der Waals surface area (Å²) < 4.78 is 9.94. The fraction of sp³-hybridized carbons (Fsp3) is 0.333. The van der Waals surface area contributed by atoms with Crippen LogP contribution in [0.4, 0.5) is 5.69 Å². The highest BCUT2D eigenvalue weighted by Crippen LogP contribution is 2.31. The lowest BCUT2D eigenvalue weighted by molar-refractivity contribution is -0.136. The number of nitrogens with zero attached hydrogens (tertiary/aromatic N) is 1. The average Bonchev–Trinajstić information content (AvgIpc) is 2.84. The van der Waals surface area contributed by atoms with Crippen molar-refractivity contribution < 1.29 is 24.2 Å². The Bertz CT molecular complexity index is 659. The second-order valence-corrected chi connectivity index (χ2v) is 5.20. The summed E-state index contributed by atoms with van der Waals surface area (Å²) in [7, 11) is 2.73. The van der Waals surface area contributed by atoms with Crippen molar-refractivity contribution in [1.29, 1.82) is 0 Å². The minimum Gasteiger partial charge on any atom is -0.495 e. The smallest absolute Gasteiger partial charge is 0.337 e. The Morgan fingerprint density at radius 2 is 2.17 bits per heavy atom. The van der Waals surface area contributed by atoms with Gasteiger partial charge in [-0.2, -0.15) is 0 Å². The molecule has 1 amide bonds. The molecule has 0 aromatic heterocycles. The molecule has 0 fully saturated rings. The van der Waals surface area contributed by atoms with Gasteiger partial charge in [-0.15, -0.1) is 0 Å². The number of halogens is 1. The number of carbonyl (C=O) groups excluding carboxylic acids is 2. The van der Waals surface area contributed by atoms with Crippen molar-refractivity contribution in [3.63, 3.8) is 0 Å². The van der Waals surface area contributed by atoms with Crippen LogP contribution in [0.15, 0.2) is 29.5 Å². The summed E-state index contributed by atoms with van der Waals surface area (Å²) in [4.78, 5) is 25.7. The van der Waals surface area contributed by atoms with E-state index >= 15 is 0 Å². The average molecular weight is 341 g/mol. The normalized spacial score (nSPS) is 14.3. The van der Waals surface area contributed by atoms with Gasteiger partial charge in [-0.05, 0) is 18.2 Å². The van der Waals surface area contributed by atoms with Crippen molar-refractivity contribution in [3.05, 3.63) is 34.5 Å². The van der Waals surface area contributed by atoms with Crippen LogP contribution in [0.25, 0.3) is 0 Å². The van der Waals surface area contributed by atoms with Gasteiger partial charge < -0.3 is 24.8 Å². The molecule has 0 saturated heterocycles. The predicted molar refractivity (Wildman–Crippen MR) is 84.3 cm³/mol. The molecule has 7 nitrogen and oxygen atoms in total. The second kappa shape index (κ2) is 7.34. The number of nitrogens with one attached hydrogen (secondary N) is 1. The molecule has 0 saturated carbocycles. The van der Waals surface area contributed by atoms with Crippen LogP contribution in [0.1, 0.15) is 0 Å². The van der Waals surface area contributed by atoms with Crippen LogP contribution in [-0.4, -0.2) is 55.8 Å². The predicted octanol–water partition coefficient (Wildman–Crippen LogP) is 1.02. The molecule has 1 aliphatic rings. The van der Waals surface area contributed by atoms with Gasteiger partial charge in [0.1, 0.15) is 11.4 Å². The van der Waals surface area contributed by atoms with Gasteiger partial charge in [-0.3, -0.25) is 4.79 Å². The number of rotatable bonds is 6. The molecule has 0 spiro atoms. The monoisotopic (exact) mass is 340 g/mol. The minimum atomic E-state index is -0.609. The Labute approximate surface area is 138 Å². The number of ether oxygens (including phenoxy) is 2. The topological polar surface area (TPSA) is 88.1 Å². The zero-order chi connectivity index (χ0) is 17.0. The highest BCUT2D eigenvalue weighted by atomic mass is 35.5. The Morgan fingerprint density at radius 3 is 2.78 bits per heavy atom. The van der Waals surface area contributed by atoms with E-state index in [4.69, 9.17) is 26.2 Å². The molecule has 0 radical (unpaired) electrons. The second-order valence-electron chi connectivity index (χ2n) is 4.77. The largest absolute Gasteiger partial charge is 0.495 e. The number of hydrogen-bond acceptors (Lipinski definition) is 6. The van der Waals surface area contributed by atoms with E-state index in [-0.39, 0.29) is 31.0 Å². The van der Waals surface area contributed by atoms with Crippen molar-refractivity contribution >= 4 is 29.2 Å². The molecule has 1 aromatic rings. The van der Waals surface area contributed by atoms with Gasteiger partial charge in [0.2, 0.25) is 0 Å². The van der Waals surface area contributed by atoms with Crippen LogP contribution in [0.5, 0.6) is 5.75 Å². The number of aliphatic hydroxyl groups is 1. The first kappa shape index (κ1) is 17.1. The summed E-state index contributed by atoms with van der Waals surface area (Å²) in [5, 5.41) is 12.4. The Kier molecular flexibility index (Phi) is 5.46. The first-order valence-electron chi connectivity index (χ1n) is 6.84. The Hall–Kier alpha value is -2.25. The third kappa shape index (κ3) is 3.57. The standard InChI is InChI=1S/C15H17ClN2O5/c1-22-12-4-3-9(16)7-11(12)17-13-10(15(21)23-2)8-18(5-6-19)14(13)20/h3-4,7,17,19H,5-6,8H2,1-2H3. The van der Waals surface area contributed by atoms with Crippen molar-refractivity contribution in [2.75, 3.05) is 39.2 Å². The number of β-amino-alcohol motifs (C(OH)–C–C–N with tert-alkyl or cyclic N) is 1. The van der Waals surface area contributed by atoms with E-state index in [1.807, 2.05) is 0 Å². The van der Waals surface area contributed by atoms with Crippen molar-refractivity contribution in [2.24, 2.45) is 0 Å². The van der Waals surface area contributed by atoms with E-state index in [9.17, 15) is 9.59 Å². The van der Waals surface area contributed by atoms with Crippen LogP contribution in [0.2, 0.25) is 5.02 Å². The first-order valence-corrected chi connectivity index (χ1v) is 7.21. The van der Waals surface area contributed by atoms with E-state index in [0.717, 1.165) is 0 Å². The number of benzene rings is 1. The minimum absolute atomic E-state index is 0.0667. The van der Waals surface area contributed by atoms with Crippen LogP contribution < -0.4 is 10.1 Å². The highest BCUT2D eigenvalue weighted by Gasteiger charge is 2.34. The van der Waals surface area contributed by atoms with Gasteiger partial charge >= 0.3 is 5.97 Å². The van der Waals surface area contributed by atoms with Crippen LogP contribution in [0, 0.1) is 0 Å². The lowest BCUT2D eigenvalue weighted by Crippen LogP contribution is -2.31. The quantitative estimate of drug-likeness (QED) is 0.752. The third-order valence-electron chi connectivity index (χ3n) is 3.37. The Balaban J connectivity index is 2.39. The molecule has 1 aliphatic heterocycles. The number of esters is 1. The van der Waals surface area contributed by atoms with Gasteiger partial charge in [-0.1, -0.05) is 11.6 Å². The number of hydrogen-bond donors (Lipinski definition) is 2. The van der Waals surface area contributed by atoms with Crippen LogP contribution in [-0.2, 0) is 14.3 Å². The van der Waals surface area contributed by atoms with E-state index in [0.29, 0.717) is 16.5 Å². The fourth-order valence-electron chi connectivity index (χ4n) is 2.26. The van der Waals surface area contributed by atoms with E-state index < -0.39 is 11.9 Å². The molecule has 0 atom stereocenters. The van der Waals surface area contributed by atoms with Gasteiger partial charge in [-0.25, -0.2) is 4.79 Å². The number of aliphatic hydroxyl groups excluding tert-OH is 1. The van der Waals surface area contributed by atoms with Gasteiger partial charge in [0.15, 0.2) is 0 Å². The van der Waals surface area contributed by atoms with E-state index in [2.05, 4.69) is 5.32 Å². The summed E-state index contributed by atoms with van der Waals surface area (Å²) in [6.45, 7) is -0.0115. The molecule has 124 valence electrons. The zero-order valence-corrected chi connectivity index (χ0v) is 13.5. The summed E-state index contributed by atoms with van der Waals surface area (Å²) in [5.41, 5.74) is 0.731. The maximum atomic E-state index is 12.4. The summed E-state index contributed by atoms with van der Waals surface area (Å²) in [6.07, 6.45) is 0. The lowest BCUT2D eigenvalue weighted by Gasteiger charge is -2.16. The number of amides is 1. The van der Waals surface area contributed by atoms with Crippen LogP contribution in [0.3, 0.4) is 0 Å². The summed E-state index contributed by atoms with van der Waals surface area (Å²) in [6, 6.07) is 4.88. The number of anilines is 1. The third-order valence-corrected chi connectivity index (χ3v) is 3.61. The molecule has 8 heteroatoms. The van der Waals surface area contributed by atoms with Crippen molar-refractivity contribution in [1.82, 2.24) is 4.90 Å². The zero-order valence-electron chi connectivity index (χ0n) is 12.8. The molecule has 23 heavy (non-hydrogen) atoms. The SMILES string of the molecule is COC(=O)C1=C(Nc2cc(Cl)ccc2OC)C(=O)N(CCO)C1. The molecule has 2 N–H and O–H groups in total. The fourth-order valence-corrected chi connectivity index (χ4v) is 2.43. The molecule has 1 aromatic carbocycles. The van der Waals surface area contributed by atoms with Gasteiger partial charge in [0, 0.05) is 11.6 Å². The number of carbonyl (C=O) groups is 2. The summed E-state index contributed by atoms with van der Waals surface area (Å²) >= 11 is 5.97. The van der Waals surface area contributed by atoms with Crippen LogP contribution >= 0.6 is 11.6 Å². The lowest BCUT2D eigenvalue weighted by atomic mass is 10.2. The molecule has 1 heterocycles. The maximum absolute atomic E-state index is 12.4. The molecule has 2 rings (SSSR count). The molecule has 0 aliphatic carbocycles. The first-order chi connectivity index (χ1) is 11.0. The van der Waals surface area contributed by atoms with Crippen molar-refractivity contribution in [2.45, 2.75) is 0 Å². The highest BCUT2D eigenvalue weighted by molar-refractivity contribution is 6.31. The van der Waals surface area contributed by atoms with E-state index in [1.54, 1.807) is 18.2 Å². The van der Waals surface area contributed by atoms with Crippen molar-refractivity contribution in [3.8, 4) is 5.75 Å². The molecular formula is C15H17ClN2O5. The Morgan fingerprint density at radius 1 is 1.43 bits per heavy atom. The molecule has 0 unspecified atom stereocenters. The van der Waals surface area contributed by atoms with Gasteiger partial charge in [0.05, 0.1) is 38.6 Å². The number of methoxy groups -OCH3 is 2. The summed E-state index contributed by atoms with van der Waals surface area (Å²) in [5.74, 6) is -0.539. The molecular weight excluding hydrogens is 324 g/mol. The van der Waals surface area contributed by atoms with E-state index in [1.165, 1.54) is 19.1 Å². The molecule has 0 bridgehead atoms.